The molecule has 1 aromatic heterocycles. The first-order valence-electron chi connectivity index (χ1n) is 6.16. The van der Waals surface area contributed by atoms with Gasteiger partial charge in [-0.25, -0.2) is 0 Å². The van der Waals surface area contributed by atoms with Crippen molar-refractivity contribution in [1.29, 1.82) is 0 Å². The van der Waals surface area contributed by atoms with E-state index in [1.165, 1.54) is 14.1 Å². The molecule has 0 saturated carbocycles. The molecule has 0 unspecified atom stereocenters. The molecule has 0 saturated heterocycles. The van der Waals surface area contributed by atoms with E-state index in [1.54, 1.807) is 23.9 Å². The van der Waals surface area contributed by atoms with Gasteiger partial charge in [-0.2, -0.15) is 0 Å². The molecule has 4 heteroatoms. The molecule has 2 nitrogen and oxygen atoms in total. The standard InChI is InChI=1S/C16H12O2SSe/c17-16(18)13-6-2-3-7-14(13)19-10-12-9-11-5-1-4-8-15(11)20-12/h1-9H,10H2,(H,17,18). The zero-order valence-electron chi connectivity index (χ0n) is 10.6. The van der Waals surface area contributed by atoms with Gasteiger partial charge in [-0.05, 0) is 0 Å². The van der Waals surface area contributed by atoms with Gasteiger partial charge in [-0.15, -0.1) is 0 Å². The Bertz CT molecular complexity index is 731. The third-order valence-electron chi connectivity index (χ3n) is 2.96. The van der Waals surface area contributed by atoms with E-state index in [4.69, 9.17) is 0 Å². The van der Waals surface area contributed by atoms with Crippen molar-refractivity contribution in [3.8, 4) is 0 Å². The molecule has 2 aromatic carbocycles. The van der Waals surface area contributed by atoms with Crippen molar-refractivity contribution in [2.75, 3.05) is 0 Å². The SMILES string of the molecule is O=C(O)c1ccccc1SCc1cc2ccccc2[se]1. The number of thioether (sulfide) groups is 1. The van der Waals surface area contributed by atoms with Gasteiger partial charge in [0.2, 0.25) is 0 Å². The number of hydrogen-bond donors (Lipinski definition) is 1. The zero-order chi connectivity index (χ0) is 13.9. The summed E-state index contributed by atoms with van der Waals surface area (Å²) in [7, 11) is 0. The van der Waals surface area contributed by atoms with Crippen LogP contribution in [0.3, 0.4) is 0 Å². The van der Waals surface area contributed by atoms with Crippen molar-refractivity contribution < 1.29 is 9.90 Å². The second-order valence-electron chi connectivity index (χ2n) is 4.34. The van der Waals surface area contributed by atoms with Crippen LogP contribution in [0.2, 0.25) is 0 Å². The summed E-state index contributed by atoms with van der Waals surface area (Å²) >= 11 is 1.99. The number of carboxylic acids is 1. The van der Waals surface area contributed by atoms with Gasteiger partial charge in [0, 0.05) is 0 Å². The summed E-state index contributed by atoms with van der Waals surface area (Å²) in [5.74, 6) is 0.00111. The van der Waals surface area contributed by atoms with E-state index in [2.05, 4.69) is 30.3 Å². The molecule has 0 fully saturated rings. The van der Waals surface area contributed by atoms with Gasteiger partial charge in [0.25, 0.3) is 0 Å². The van der Waals surface area contributed by atoms with E-state index in [9.17, 15) is 9.90 Å². The molecule has 20 heavy (non-hydrogen) atoms. The second kappa shape index (κ2) is 5.88. The first-order chi connectivity index (χ1) is 9.74. The number of benzene rings is 2. The van der Waals surface area contributed by atoms with Crippen molar-refractivity contribution >= 4 is 41.9 Å². The van der Waals surface area contributed by atoms with E-state index < -0.39 is 5.97 Å². The normalized spacial score (nSPS) is 10.8. The molecular weight excluding hydrogens is 335 g/mol. The Hall–Kier alpha value is -1.48. The number of fused-ring (bicyclic) bond motifs is 1. The summed E-state index contributed by atoms with van der Waals surface area (Å²) < 4.78 is 2.83. The Balaban J connectivity index is 1.81. The molecule has 0 radical (unpaired) electrons. The van der Waals surface area contributed by atoms with Crippen molar-refractivity contribution in [2.24, 2.45) is 0 Å². The van der Waals surface area contributed by atoms with Crippen LogP contribution in [0, 0.1) is 0 Å². The fourth-order valence-corrected chi connectivity index (χ4v) is 5.50. The van der Waals surface area contributed by atoms with Gasteiger partial charge in [0.1, 0.15) is 0 Å². The minimum atomic E-state index is -0.859. The van der Waals surface area contributed by atoms with Crippen LogP contribution in [-0.4, -0.2) is 25.6 Å². The van der Waals surface area contributed by atoms with Gasteiger partial charge in [-0.1, -0.05) is 0 Å². The second-order valence-corrected chi connectivity index (χ2v) is 7.81. The van der Waals surface area contributed by atoms with E-state index in [-0.39, 0.29) is 0 Å². The molecule has 0 aliphatic rings. The molecular formula is C16H12O2SSe. The fourth-order valence-electron chi connectivity index (χ4n) is 2.03. The number of carbonyl (C=O) groups is 1. The molecule has 100 valence electrons. The third kappa shape index (κ3) is 2.83. The van der Waals surface area contributed by atoms with Crippen LogP contribution in [0.5, 0.6) is 0 Å². The summed E-state index contributed by atoms with van der Waals surface area (Å²) in [5.41, 5.74) is 0.390. The van der Waals surface area contributed by atoms with Crippen LogP contribution in [0.1, 0.15) is 14.8 Å². The number of hydrogen-bond acceptors (Lipinski definition) is 2. The predicted octanol–water partition coefficient (Wildman–Crippen LogP) is 3.89. The Morgan fingerprint density at radius 1 is 1.10 bits per heavy atom. The van der Waals surface area contributed by atoms with E-state index in [0.29, 0.717) is 20.1 Å². The maximum absolute atomic E-state index is 11.2. The Kier molecular flexibility index (Phi) is 3.97. The maximum atomic E-state index is 11.2. The van der Waals surface area contributed by atoms with Gasteiger partial charge >= 0.3 is 127 Å². The Labute approximate surface area is 127 Å². The van der Waals surface area contributed by atoms with Crippen LogP contribution < -0.4 is 0 Å². The molecule has 0 spiro atoms. The molecule has 3 aromatic rings. The van der Waals surface area contributed by atoms with Crippen LogP contribution in [0.25, 0.3) is 9.65 Å². The van der Waals surface area contributed by atoms with Crippen LogP contribution >= 0.6 is 11.8 Å². The Morgan fingerprint density at radius 2 is 1.85 bits per heavy atom. The predicted molar refractivity (Wildman–Crippen MR) is 83.9 cm³/mol. The molecule has 0 aliphatic heterocycles. The summed E-state index contributed by atoms with van der Waals surface area (Å²) in [5, 5.41) is 10.5. The van der Waals surface area contributed by atoms with Gasteiger partial charge in [-0.3, -0.25) is 0 Å². The number of carboxylic acid groups (broad SMARTS) is 1. The van der Waals surface area contributed by atoms with Crippen molar-refractivity contribution in [3.63, 3.8) is 0 Å². The first-order valence-corrected chi connectivity index (χ1v) is 8.86. The van der Waals surface area contributed by atoms with Crippen LogP contribution in [-0.2, 0) is 5.75 Å². The number of rotatable bonds is 4. The quantitative estimate of drug-likeness (QED) is 0.575. The first kappa shape index (κ1) is 13.5. The minimum absolute atomic E-state index is 0.377. The number of aromatic carboxylic acids is 1. The van der Waals surface area contributed by atoms with Crippen molar-refractivity contribution in [3.05, 3.63) is 64.6 Å². The fraction of sp³-hybridized carbons (Fsp3) is 0.0625. The van der Waals surface area contributed by atoms with E-state index >= 15 is 0 Å². The molecule has 0 aliphatic carbocycles. The van der Waals surface area contributed by atoms with Crippen LogP contribution in [0.4, 0.5) is 0 Å². The summed E-state index contributed by atoms with van der Waals surface area (Å²) in [6.07, 6.45) is 0. The Morgan fingerprint density at radius 3 is 2.65 bits per heavy atom. The topological polar surface area (TPSA) is 37.3 Å². The molecule has 1 heterocycles. The zero-order valence-corrected chi connectivity index (χ0v) is 13.1. The molecule has 3 rings (SSSR count). The monoisotopic (exact) mass is 348 g/mol. The summed E-state index contributed by atoms with van der Waals surface area (Å²) in [6.45, 7) is 0. The molecule has 1 N–H and O–H groups in total. The van der Waals surface area contributed by atoms with Crippen molar-refractivity contribution in [2.45, 2.75) is 10.6 Å². The van der Waals surface area contributed by atoms with Crippen LogP contribution in [0.15, 0.2) is 59.5 Å². The molecule has 0 amide bonds. The molecule has 0 bridgehead atoms. The third-order valence-corrected chi connectivity index (χ3v) is 6.84. The summed E-state index contributed by atoms with van der Waals surface area (Å²) in [4.78, 5) is 12.0. The summed E-state index contributed by atoms with van der Waals surface area (Å²) in [6, 6.07) is 17.9. The molecule has 0 atom stereocenters. The van der Waals surface area contributed by atoms with Gasteiger partial charge < -0.3 is 0 Å². The average molecular weight is 347 g/mol. The average Bonchev–Trinajstić information content (AvgIpc) is 2.88. The van der Waals surface area contributed by atoms with Crippen molar-refractivity contribution in [1.82, 2.24) is 0 Å². The van der Waals surface area contributed by atoms with Gasteiger partial charge in [0.15, 0.2) is 0 Å². The van der Waals surface area contributed by atoms with Gasteiger partial charge in [0.05, 0.1) is 0 Å². The van der Waals surface area contributed by atoms with E-state index in [0.717, 1.165) is 10.6 Å². The van der Waals surface area contributed by atoms with E-state index in [1.807, 2.05) is 12.1 Å².